The van der Waals surface area contributed by atoms with Crippen LogP contribution in [0, 0.1) is 0 Å². The van der Waals surface area contributed by atoms with Crippen molar-refractivity contribution < 1.29 is 9.90 Å². The van der Waals surface area contributed by atoms with E-state index in [4.69, 9.17) is 5.11 Å². The monoisotopic (exact) mass is 363 g/mol. The summed E-state index contributed by atoms with van der Waals surface area (Å²) in [7, 11) is 0. The van der Waals surface area contributed by atoms with Gasteiger partial charge in [-0.15, -0.1) is 0 Å². The Balaban J connectivity index is 0.000000867. The molecule has 0 aliphatic carbocycles. The van der Waals surface area contributed by atoms with Gasteiger partial charge in [0, 0.05) is 6.08 Å². The highest BCUT2D eigenvalue weighted by molar-refractivity contribution is 5.80. The number of carboxylic acid groups (broad SMARTS) is 1. The number of allylic oxidation sites excluding steroid dienone is 5. The van der Waals surface area contributed by atoms with Crippen LogP contribution in [0.3, 0.4) is 0 Å². The first-order valence-electron chi connectivity index (χ1n) is 10.7. The van der Waals surface area contributed by atoms with E-state index in [2.05, 4.69) is 24.4 Å². The third-order valence-electron chi connectivity index (χ3n) is 4.33. The number of hydrogen-bond donors (Lipinski definition) is 2. The Kier molecular flexibility index (Phi) is 20.6. The first-order valence-corrected chi connectivity index (χ1v) is 10.7. The average Bonchev–Trinajstić information content (AvgIpc) is 2.66. The van der Waals surface area contributed by atoms with Gasteiger partial charge in [-0.2, -0.15) is 0 Å². The van der Waals surface area contributed by atoms with Gasteiger partial charge in [0.05, 0.1) is 0 Å². The Hall–Kier alpha value is -1.35. The van der Waals surface area contributed by atoms with Gasteiger partial charge in [-0.25, -0.2) is 4.79 Å². The van der Waals surface area contributed by atoms with E-state index in [1.165, 1.54) is 90.1 Å². The molecule has 0 atom stereocenters. The van der Waals surface area contributed by atoms with Gasteiger partial charge in [-0.3, -0.25) is 0 Å². The van der Waals surface area contributed by atoms with Crippen molar-refractivity contribution in [2.45, 2.75) is 90.4 Å². The maximum absolute atomic E-state index is 10.2. The molecule has 26 heavy (non-hydrogen) atoms. The zero-order valence-corrected chi connectivity index (χ0v) is 16.9. The molecule has 150 valence electrons. The summed E-state index contributed by atoms with van der Waals surface area (Å²) in [5, 5.41) is 11.7. The Morgan fingerprint density at radius 3 is 1.85 bits per heavy atom. The topological polar surface area (TPSA) is 49.3 Å². The number of nitrogens with one attached hydrogen (secondary N) is 1. The molecule has 1 aliphatic rings. The minimum Gasteiger partial charge on any atom is -0.478 e. The summed E-state index contributed by atoms with van der Waals surface area (Å²) in [4.78, 5) is 10.2. The van der Waals surface area contributed by atoms with E-state index in [0.717, 1.165) is 12.5 Å². The second-order valence-electron chi connectivity index (χ2n) is 6.89. The molecule has 1 saturated heterocycles. The van der Waals surface area contributed by atoms with E-state index < -0.39 is 5.97 Å². The molecule has 0 amide bonds. The number of aliphatic carboxylic acids is 1. The van der Waals surface area contributed by atoms with Crippen LogP contribution in [0.15, 0.2) is 36.5 Å². The molecular formula is C23H41NO2. The van der Waals surface area contributed by atoms with E-state index in [1.807, 2.05) is 12.2 Å². The Labute approximate surface area is 161 Å². The van der Waals surface area contributed by atoms with Crippen molar-refractivity contribution in [3.05, 3.63) is 36.5 Å². The SMILES string of the molecule is C1CCNCC1.CCCCCC=CCCCCCCC=CC=CC(=O)O. The van der Waals surface area contributed by atoms with Crippen LogP contribution in [0.4, 0.5) is 0 Å². The second kappa shape index (κ2) is 21.7. The molecule has 2 N–H and O–H groups in total. The van der Waals surface area contributed by atoms with Crippen molar-refractivity contribution in [1.29, 1.82) is 0 Å². The van der Waals surface area contributed by atoms with Crippen molar-refractivity contribution in [3.8, 4) is 0 Å². The van der Waals surface area contributed by atoms with E-state index in [-0.39, 0.29) is 0 Å². The normalized spacial score (nSPS) is 14.8. The summed E-state index contributed by atoms with van der Waals surface area (Å²) in [6.45, 7) is 4.74. The summed E-state index contributed by atoms with van der Waals surface area (Å²) in [5.74, 6) is -0.891. The molecule has 1 heterocycles. The van der Waals surface area contributed by atoms with Gasteiger partial charge >= 0.3 is 5.97 Å². The van der Waals surface area contributed by atoms with Gasteiger partial charge in [-0.1, -0.05) is 69.4 Å². The van der Waals surface area contributed by atoms with Gasteiger partial charge in [-0.05, 0) is 64.5 Å². The molecule has 0 unspecified atom stereocenters. The van der Waals surface area contributed by atoms with Crippen LogP contribution in [0.1, 0.15) is 90.4 Å². The third-order valence-corrected chi connectivity index (χ3v) is 4.33. The minimum absolute atomic E-state index is 0.891. The lowest BCUT2D eigenvalue weighted by Gasteiger charge is -2.08. The van der Waals surface area contributed by atoms with E-state index in [1.54, 1.807) is 6.08 Å². The molecule has 0 radical (unpaired) electrons. The number of unbranched alkanes of at least 4 members (excludes halogenated alkanes) is 8. The molecule has 0 aromatic carbocycles. The fourth-order valence-corrected chi connectivity index (χ4v) is 2.74. The quantitative estimate of drug-likeness (QED) is 0.172. The molecule has 1 rings (SSSR count). The molecule has 0 bridgehead atoms. The molecule has 0 spiro atoms. The van der Waals surface area contributed by atoms with Gasteiger partial charge in [0.25, 0.3) is 0 Å². The van der Waals surface area contributed by atoms with Crippen LogP contribution in [0.2, 0.25) is 0 Å². The van der Waals surface area contributed by atoms with Crippen molar-refractivity contribution in [3.63, 3.8) is 0 Å². The van der Waals surface area contributed by atoms with Crippen LogP contribution in [-0.4, -0.2) is 24.2 Å². The predicted octanol–water partition coefficient (Wildman–Crippen LogP) is 6.42. The molecule has 0 saturated carbocycles. The fourth-order valence-electron chi connectivity index (χ4n) is 2.74. The Morgan fingerprint density at radius 1 is 0.808 bits per heavy atom. The van der Waals surface area contributed by atoms with Crippen LogP contribution >= 0.6 is 0 Å². The maximum atomic E-state index is 10.2. The van der Waals surface area contributed by atoms with Crippen LogP contribution in [0.25, 0.3) is 0 Å². The summed E-state index contributed by atoms with van der Waals surface area (Å²) >= 11 is 0. The van der Waals surface area contributed by atoms with Gasteiger partial charge in [0.15, 0.2) is 0 Å². The molecule has 3 nitrogen and oxygen atoms in total. The van der Waals surface area contributed by atoms with Gasteiger partial charge < -0.3 is 10.4 Å². The molecule has 3 heteroatoms. The lowest BCUT2D eigenvalue weighted by molar-refractivity contribution is -0.131. The Morgan fingerprint density at radius 2 is 1.38 bits per heavy atom. The van der Waals surface area contributed by atoms with Crippen molar-refractivity contribution in [1.82, 2.24) is 5.32 Å². The fraction of sp³-hybridized carbons (Fsp3) is 0.696. The molecular weight excluding hydrogens is 322 g/mol. The minimum atomic E-state index is -0.891. The van der Waals surface area contributed by atoms with Crippen molar-refractivity contribution >= 4 is 5.97 Å². The standard InChI is InChI=1S/C18H30O2.C5H11N/c1-2-3-4-5-6-7-8-9-10-11-12-13-14-15-16-17-18(19)20;1-2-4-6-5-3-1/h6-7,14-17H,2-5,8-13H2,1H3,(H,19,20);6H,1-5H2. The highest BCUT2D eigenvalue weighted by Gasteiger charge is 1.93. The molecule has 0 aromatic rings. The van der Waals surface area contributed by atoms with Crippen molar-refractivity contribution in [2.24, 2.45) is 0 Å². The third kappa shape index (κ3) is 22.6. The van der Waals surface area contributed by atoms with Crippen LogP contribution in [0.5, 0.6) is 0 Å². The largest absolute Gasteiger partial charge is 0.478 e. The number of carboxylic acids is 1. The van der Waals surface area contributed by atoms with E-state index in [0.29, 0.717) is 0 Å². The zero-order valence-electron chi connectivity index (χ0n) is 16.9. The highest BCUT2D eigenvalue weighted by atomic mass is 16.4. The smallest absolute Gasteiger partial charge is 0.328 e. The van der Waals surface area contributed by atoms with Crippen molar-refractivity contribution in [2.75, 3.05) is 13.1 Å². The molecule has 0 aromatic heterocycles. The summed E-state index contributed by atoms with van der Waals surface area (Å²) < 4.78 is 0. The van der Waals surface area contributed by atoms with Gasteiger partial charge in [0.2, 0.25) is 0 Å². The number of rotatable bonds is 13. The number of hydrogen-bond acceptors (Lipinski definition) is 2. The number of piperidine rings is 1. The number of carbonyl (C=O) groups is 1. The van der Waals surface area contributed by atoms with Crippen LogP contribution in [-0.2, 0) is 4.79 Å². The zero-order chi connectivity index (χ0) is 19.1. The summed E-state index contributed by atoms with van der Waals surface area (Å²) in [6, 6.07) is 0. The highest BCUT2D eigenvalue weighted by Crippen LogP contribution is 2.07. The first-order chi connectivity index (χ1) is 12.8. The molecule has 1 fully saturated rings. The summed E-state index contributed by atoms with van der Waals surface area (Å²) in [5.41, 5.74) is 0. The van der Waals surface area contributed by atoms with E-state index >= 15 is 0 Å². The second-order valence-corrected chi connectivity index (χ2v) is 6.89. The first kappa shape index (κ1) is 24.7. The Bertz CT molecular complexity index is 370. The lowest BCUT2D eigenvalue weighted by Crippen LogP contribution is -2.21. The van der Waals surface area contributed by atoms with E-state index in [9.17, 15) is 4.79 Å². The lowest BCUT2D eigenvalue weighted by atomic mass is 10.1. The average molecular weight is 364 g/mol. The van der Waals surface area contributed by atoms with Gasteiger partial charge in [0.1, 0.15) is 0 Å². The molecule has 1 aliphatic heterocycles. The predicted molar refractivity (Wildman–Crippen MR) is 114 cm³/mol. The van der Waals surface area contributed by atoms with Crippen LogP contribution < -0.4 is 5.32 Å². The maximum Gasteiger partial charge on any atom is 0.328 e. The summed E-state index contributed by atoms with van der Waals surface area (Å²) in [6.07, 6.45) is 27.9.